The van der Waals surface area contributed by atoms with Crippen LogP contribution < -0.4 is 0 Å². The van der Waals surface area contributed by atoms with Crippen molar-refractivity contribution in [3.8, 4) is 0 Å². The summed E-state index contributed by atoms with van der Waals surface area (Å²) in [4.78, 5) is 15.8. The molecular weight excluding hydrogens is 283 g/mol. The van der Waals surface area contributed by atoms with Crippen LogP contribution >= 0.6 is 0 Å². The van der Waals surface area contributed by atoms with E-state index < -0.39 is 24.6 Å². The first-order valence-electron chi connectivity index (χ1n) is 5.76. The van der Waals surface area contributed by atoms with Crippen molar-refractivity contribution >= 4 is 5.91 Å². The molecule has 0 aromatic carbocycles. The fourth-order valence-electron chi connectivity index (χ4n) is 1.53. The molecule has 0 aliphatic rings. The number of aromatic nitrogens is 1. The van der Waals surface area contributed by atoms with Crippen LogP contribution in [0.2, 0.25) is 0 Å². The molecule has 20 heavy (non-hydrogen) atoms. The van der Waals surface area contributed by atoms with E-state index in [1.807, 2.05) is 0 Å². The summed E-state index contributed by atoms with van der Waals surface area (Å²) in [6, 6.07) is 4.68. The molecule has 0 saturated heterocycles. The van der Waals surface area contributed by atoms with Crippen LogP contribution in [0.5, 0.6) is 0 Å². The summed E-state index contributed by atoms with van der Waals surface area (Å²) in [5, 5.41) is 0. The van der Waals surface area contributed by atoms with E-state index >= 15 is 0 Å². The average Bonchev–Trinajstić information content (AvgIpc) is 2.33. The molecule has 1 amide bonds. The minimum Gasteiger partial charge on any atom is -0.332 e. The van der Waals surface area contributed by atoms with Gasteiger partial charge in [-0.15, -0.1) is 0 Å². The van der Waals surface area contributed by atoms with Crippen molar-refractivity contribution in [3.05, 3.63) is 29.6 Å². The zero-order valence-electron chi connectivity index (χ0n) is 10.8. The Hall–Kier alpha value is -1.73. The van der Waals surface area contributed by atoms with Crippen LogP contribution in [0.4, 0.5) is 22.0 Å². The summed E-state index contributed by atoms with van der Waals surface area (Å²) < 4.78 is 62.5. The summed E-state index contributed by atoms with van der Waals surface area (Å²) in [6.45, 7) is 2.29. The monoisotopic (exact) mass is 296 g/mol. The van der Waals surface area contributed by atoms with Crippen molar-refractivity contribution in [2.24, 2.45) is 0 Å². The van der Waals surface area contributed by atoms with Crippen molar-refractivity contribution < 1.29 is 26.7 Å². The molecule has 0 atom stereocenters. The standard InChI is InChI=1S/C12H13F5N2O/c1-3-19(7-9-6-4-5-8(2)18-9)10(20)11(13,14)12(15,16)17/h4-6H,3,7H2,1-2H3. The number of carbonyl (C=O) groups is 1. The topological polar surface area (TPSA) is 33.2 Å². The van der Waals surface area contributed by atoms with E-state index in [0.29, 0.717) is 10.6 Å². The molecular formula is C12H13F5N2O. The molecule has 3 nitrogen and oxygen atoms in total. The predicted octanol–water partition coefficient (Wildman–Crippen LogP) is 2.94. The zero-order valence-corrected chi connectivity index (χ0v) is 10.8. The van der Waals surface area contributed by atoms with Gasteiger partial charge in [0.05, 0.1) is 12.2 Å². The lowest BCUT2D eigenvalue weighted by atomic mass is 10.2. The molecule has 1 heterocycles. The Kier molecular flexibility index (Phi) is 4.67. The summed E-state index contributed by atoms with van der Waals surface area (Å²) in [7, 11) is 0. The Labute approximate surface area is 112 Å². The van der Waals surface area contributed by atoms with Gasteiger partial charge in [0.2, 0.25) is 0 Å². The predicted molar refractivity (Wildman–Crippen MR) is 61.1 cm³/mol. The van der Waals surface area contributed by atoms with Crippen LogP contribution in [-0.2, 0) is 11.3 Å². The van der Waals surface area contributed by atoms with Gasteiger partial charge in [0, 0.05) is 12.2 Å². The molecule has 8 heteroatoms. The molecule has 0 radical (unpaired) electrons. The first kappa shape index (κ1) is 16.3. The molecule has 0 saturated carbocycles. The highest BCUT2D eigenvalue weighted by Crippen LogP contribution is 2.37. The van der Waals surface area contributed by atoms with Gasteiger partial charge in [0.15, 0.2) is 0 Å². The van der Waals surface area contributed by atoms with Crippen LogP contribution in [0.25, 0.3) is 0 Å². The molecule has 1 rings (SSSR count). The maximum atomic E-state index is 13.0. The molecule has 0 spiro atoms. The molecule has 0 unspecified atom stereocenters. The minimum atomic E-state index is -5.91. The molecule has 1 aromatic rings. The molecule has 0 fully saturated rings. The third kappa shape index (κ3) is 3.43. The van der Waals surface area contributed by atoms with Crippen molar-refractivity contribution in [2.75, 3.05) is 6.54 Å². The number of amides is 1. The quantitative estimate of drug-likeness (QED) is 0.800. The van der Waals surface area contributed by atoms with E-state index in [1.165, 1.54) is 13.0 Å². The van der Waals surface area contributed by atoms with E-state index in [4.69, 9.17) is 0 Å². The highest BCUT2D eigenvalue weighted by Gasteiger charge is 2.64. The van der Waals surface area contributed by atoms with Gasteiger partial charge in [-0.05, 0) is 26.0 Å². The first-order chi connectivity index (χ1) is 9.09. The Bertz CT molecular complexity index is 487. The van der Waals surface area contributed by atoms with Crippen molar-refractivity contribution in [2.45, 2.75) is 32.5 Å². The molecule has 0 N–H and O–H groups in total. The van der Waals surface area contributed by atoms with Gasteiger partial charge in [-0.2, -0.15) is 22.0 Å². The number of carbonyl (C=O) groups excluding carboxylic acids is 1. The van der Waals surface area contributed by atoms with Crippen molar-refractivity contribution in [3.63, 3.8) is 0 Å². The van der Waals surface area contributed by atoms with Crippen LogP contribution in [0.15, 0.2) is 18.2 Å². The maximum absolute atomic E-state index is 13.0. The zero-order chi connectivity index (χ0) is 15.6. The van der Waals surface area contributed by atoms with Crippen LogP contribution in [0.1, 0.15) is 18.3 Å². The number of rotatable bonds is 4. The second kappa shape index (κ2) is 5.72. The molecule has 1 aromatic heterocycles. The Morgan fingerprint density at radius 1 is 1.25 bits per heavy atom. The second-order valence-corrected chi connectivity index (χ2v) is 4.16. The number of hydrogen-bond donors (Lipinski definition) is 0. The van der Waals surface area contributed by atoms with E-state index in [1.54, 1.807) is 19.1 Å². The van der Waals surface area contributed by atoms with Gasteiger partial charge in [0.1, 0.15) is 0 Å². The second-order valence-electron chi connectivity index (χ2n) is 4.16. The van der Waals surface area contributed by atoms with Crippen LogP contribution in [0.3, 0.4) is 0 Å². The number of alkyl halides is 5. The first-order valence-corrected chi connectivity index (χ1v) is 5.76. The lowest BCUT2D eigenvalue weighted by Crippen LogP contribution is -2.51. The van der Waals surface area contributed by atoms with Gasteiger partial charge in [-0.3, -0.25) is 9.78 Å². The van der Waals surface area contributed by atoms with Gasteiger partial charge in [0.25, 0.3) is 0 Å². The van der Waals surface area contributed by atoms with E-state index in [2.05, 4.69) is 4.98 Å². The van der Waals surface area contributed by atoms with Crippen molar-refractivity contribution in [1.82, 2.24) is 9.88 Å². The number of pyridine rings is 1. The molecule has 112 valence electrons. The Morgan fingerprint density at radius 3 is 2.30 bits per heavy atom. The molecule has 0 aliphatic carbocycles. The summed E-state index contributed by atoms with van der Waals surface area (Å²) in [5.41, 5.74) is 0.826. The number of halogens is 5. The highest BCUT2D eigenvalue weighted by atomic mass is 19.4. The van der Waals surface area contributed by atoms with Gasteiger partial charge in [-0.25, -0.2) is 0 Å². The fraction of sp³-hybridized carbons (Fsp3) is 0.500. The third-order valence-electron chi connectivity index (χ3n) is 2.59. The lowest BCUT2D eigenvalue weighted by molar-refractivity contribution is -0.274. The number of aryl methyl sites for hydroxylation is 1. The number of hydrogen-bond acceptors (Lipinski definition) is 2. The van der Waals surface area contributed by atoms with E-state index in [0.717, 1.165) is 0 Å². The minimum absolute atomic E-state index is 0.248. The summed E-state index contributed by atoms with van der Waals surface area (Å²) >= 11 is 0. The van der Waals surface area contributed by atoms with E-state index in [-0.39, 0.29) is 12.2 Å². The smallest absolute Gasteiger partial charge is 0.332 e. The average molecular weight is 296 g/mol. The lowest BCUT2D eigenvalue weighted by Gasteiger charge is -2.26. The third-order valence-corrected chi connectivity index (χ3v) is 2.59. The summed E-state index contributed by atoms with van der Waals surface area (Å²) in [6.07, 6.45) is -5.91. The molecule has 0 bridgehead atoms. The summed E-state index contributed by atoms with van der Waals surface area (Å²) in [5.74, 6) is -7.66. The SMILES string of the molecule is CCN(Cc1cccc(C)n1)C(=O)C(F)(F)C(F)(F)F. The number of nitrogens with zero attached hydrogens (tertiary/aromatic N) is 2. The normalized spacial score (nSPS) is 12.3. The van der Waals surface area contributed by atoms with Crippen molar-refractivity contribution in [1.29, 1.82) is 0 Å². The van der Waals surface area contributed by atoms with Gasteiger partial charge >= 0.3 is 18.0 Å². The largest absolute Gasteiger partial charge is 0.463 e. The van der Waals surface area contributed by atoms with Gasteiger partial charge in [-0.1, -0.05) is 6.07 Å². The maximum Gasteiger partial charge on any atom is 0.463 e. The van der Waals surface area contributed by atoms with Crippen LogP contribution in [0, 0.1) is 6.92 Å². The van der Waals surface area contributed by atoms with E-state index in [9.17, 15) is 26.7 Å². The highest BCUT2D eigenvalue weighted by molar-refractivity contribution is 5.84. The Balaban J connectivity index is 2.94. The fourth-order valence-corrected chi connectivity index (χ4v) is 1.53. The molecule has 0 aliphatic heterocycles. The van der Waals surface area contributed by atoms with Gasteiger partial charge < -0.3 is 4.90 Å². The van der Waals surface area contributed by atoms with Crippen LogP contribution in [-0.4, -0.2) is 34.4 Å². The Morgan fingerprint density at radius 2 is 1.85 bits per heavy atom.